The number of esters is 1. The van der Waals surface area contributed by atoms with E-state index in [1.807, 2.05) is 4.90 Å². The van der Waals surface area contributed by atoms with Gasteiger partial charge in [-0.2, -0.15) is 0 Å². The number of carbonyl (C=O) groups is 1. The average molecular weight is 279 g/mol. The first-order chi connectivity index (χ1) is 9.74. The third kappa shape index (κ3) is 2.77. The van der Waals surface area contributed by atoms with Crippen LogP contribution in [0.4, 0.5) is 10.1 Å². The highest BCUT2D eigenvalue weighted by Crippen LogP contribution is 2.25. The molecule has 0 saturated carbocycles. The summed E-state index contributed by atoms with van der Waals surface area (Å²) in [6.07, 6.45) is 2.68. The smallest absolute Gasteiger partial charge is 0.338 e. The van der Waals surface area contributed by atoms with Gasteiger partial charge in [-0.3, -0.25) is 0 Å². The largest absolute Gasteiger partial charge is 0.456 e. The number of hydrogen-bond donors (Lipinski definition) is 0. The number of nitrogens with zero attached hydrogens (tertiary/aromatic N) is 1. The molecule has 4 nitrogen and oxygen atoms in total. The second-order valence-electron chi connectivity index (χ2n) is 5.25. The van der Waals surface area contributed by atoms with Crippen LogP contribution in [0.25, 0.3) is 0 Å². The summed E-state index contributed by atoms with van der Waals surface area (Å²) in [4.78, 5) is 13.9. The molecule has 0 N–H and O–H groups in total. The van der Waals surface area contributed by atoms with Crippen LogP contribution in [-0.4, -0.2) is 38.4 Å². The first kappa shape index (κ1) is 13.4. The van der Waals surface area contributed by atoms with Gasteiger partial charge in [-0.05, 0) is 31.0 Å². The Morgan fingerprint density at radius 2 is 2.15 bits per heavy atom. The lowest BCUT2D eigenvalue weighted by Gasteiger charge is -2.18. The van der Waals surface area contributed by atoms with E-state index in [-0.39, 0.29) is 17.5 Å². The summed E-state index contributed by atoms with van der Waals surface area (Å²) in [5.41, 5.74) is 0.834. The highest BCUT2D eigenvalue weighted by atomic mass is 19.1. The lowest BCUT2D eigenvalue weighted by atomic mass is 10.2. The summed E-state index contributed by atoms with van der Waals surface area (Å²) < 4.78 is 24.5. The van der Waals surface area contributed by atoms with E-state index in [9.17, 15) is 9.18 Å². The summed E-state index contributed by atoms with van der Waals surface area (Å²) in [6, 6.07) is 4.57. The van der Waals surface area contributed by atoms with E-state index in [2.05, 4.69) is 0 Å². The predicted octanol–water partition coefficient (Wildman–Crippen LogP) is 2.37. The summed E-state index contributed by atoms with van der Waals surface area (Å²) in [6.45, 7) is 2.79. The van der Waals surface area contributed by atoms with Crippen LogP contribution in [0.15, 0.2) is 18.2 Å². The minimum atomic E-state index is -0.479. The SMILES string of the molecule is O=C(O[C@@H]1CCOC1)c1ccc(N2CCCC2)c(F)c1. The van der Waals surface area contributed by atoms with Gasteiger partial charge in [0.05, 0.1) is 24.5 Å². The molecule has 5 heteroatoms. The van der Waals surface area contributed by atoms with Gasteiger partial charge in [-0.15, -0.1) is 0 Å². The molecule has 1 aromatic carbocycles. The number of halogens is 1. The Morgan fingerprint density at radius 3 is 2.80 bits per heavy atom. The number of rotatable bonds is 3. The Bertz CT molecular complexity index is 494. The van der Waals surface area contributed by atoms with E-state index in [1.54, 1.807) is 12.1 Å². The van der Waals surface area contributed by atoms with E-state index >= 15 is 0 Å². The maximum absolute atomic E-state index is 14.1. The molecule has 0 radical (unpaired) electrons. The third-order valence-electron chi connectivity index (χ3n) is 3.79. The zero-order valence-corrected chi connectivity index (χ0v) is 11.3. The van der Waals surface area contributed by atoms with Gasteiger partial charge in [0, 0.05) is 19.5 Å². The molecule has 0 aliphatic carbocycles. The van der Waals surface area contributed by atoms with Gasteiger partial charge < -0.3 is 14.4 Å². The second kappa shape index (κ2) is 5.79. The molecule has 0 amide bonds. The standard InChI is InChI=1S/C15H18FNO3/c16-13-9-11(15(18)20-12-5-8-19-10-12)3-4-14(13)17-6-1-2-7-17/h3-4,9,12H,1-2,5-8,10H2/t12-/m1/s1. The van der Waals surface area contributed by atoms with Crippen molar-refractivity contribution in [2.75, 3.05) is 31.2 Å². The van der Waals surface area contributed by atoms with Crippen LogP contribution in [0.3, 0.4) is 0 Å². The molecule has 0 bridgehead atoms. The van der Waals surface area contributed by atoms with Gasteiger partial charge in [0.2, 0.25) is 0 Å². The van der Waals surface area contributed by atoms with Crippen molar-refractivity contribution in [3.63, 3.8) is 0 Å². The zero-order valence-electron chi connectivity index (χ0n) is 11.3. The van der Waals surface area contributed by atoms with Crippen LogP contribution in [0.1, 0.15) is 29.6 Å². The predicted molar refractivity (Wildman–Crippen MR) is 72.5 cm³/mol. The molecule has 108 valence electrons. The summed E-state index contributed by atoms with van der Waals surface area (Å²) in [5.74, 6) is -0.837. The molecule has 2 fully saturated rings. The topological polar surface area (TPSA) is 38.8 Å². The van der Waals surface area contributed by atoms with Gasteiger partial charge >= 0.3 is 5.97 Å². The van der Waals surface area contributed by atoms with Crippen molar-refractivity contribution in [1.82, 2.24) is 0 Å². The van der Waals surface area contributed by atoms with Gasteiger partial charge in [0.1, 0.15) is 11.9 Å². The van der Waals surface area contributed by atoms with Gasteiger partial charge in [0.15, 0.2) is 0 Å². The minimum Gasteiger partial charge on any atom is -0.456 e. The van der Waals surface area contributed by atoms with Crippen molar-refractivity contribution in [2.45, 2.75) is 25.4 Å². The molecule has 0 spiro atoms. The minimum absolute atomic E-state index is 0.205. The Hall–Kier alpha value is -1.62. The zero-order chi connectivity index (χ0) is 13.9. The number of benzene rings is 1. The molecule has 2 heterocycles. The molecule has 2 saturated heterocycles. The van der Waals surface area contributed by atoms with Crippen LogP contribution in [0.2, 0.25) is 0 Å². The molecule has 3 rings (SSSR count). The molecule has 2 aliphatic rings. The second-order valence-corrected chi connectivity index (χ2v) is 5.25. The maximum Gasteiger partial charge on any atom is 0.338 e. The Balaban J connectivity index is 1.70. The molecular weight excluding hydrogens is 261 g/mol. The molecule has 1 aromatic rings. The summed E-state index contributed by atoms with van der Waals surface area (Å²) >= 11 is 0. The van der Waals surface area contributed by atoms with E-state index in [0.717, 1.165) is 25.9 Å². The normalized spacial score (nSPS) is 22.2. The Labute approximate surface area is 117 Å². The molecule has 0 aromatic heterocycles. The van der Waals surface area contributed by atoms with Crippen LogP contribution >= 0.6 is 0 Å². The Morgan fingerprint density at radius 1 is 1.35 bits per heavy atom. The molecule has 20 heavy (non-hydrogen) atoms. The van der Waals surface area contributed by atoms with Crippen LogP contribution in [-0.2, 0) is 9.47 Å². The fourth-order valence-corrected chi connectivity index (χ4v) is 2.67. The van der Waals surface area contributed by atoms with Gasteiger partial charge in [0.25, 0.3) is 0 Å². The monoisotopic (exact) mass is 279 g/mol. The van der Waals surface area contributed by atoms with E-state index in [4.69, 9.17) is 9.47 Å². The summed E-state index contributed by atoms with van der Waals surface area (Å²) in [5, 5.41) is 0. The van der Waals surface area contributed by atoms with E-state index in [1.165, 1.54) is 6.07 Å². The highest BCUT2D eigenvalue weighted by molar-refractivity contribution is 5.90. The van der Waals surface area contributed by atoms with E-state index < -0.39 is 5.97 Å². The average Bonchev–Trinajstić information content (AvgIpc) is 3.11. The van der Waals surface area contributed by atoms with Crippen LogP contribution in [0.5, 0.6) is 0 Å². The van der Waals surface area contributed by atoms with Crippen LogP contribution in [0, 0.1) is 5.82 Å². The van der Waals surface area contributed by atoms with Crippen molar-refractivity contribution in [3.8, 4) is 0 Å². The van der Waals surface area contributed by atoms with Crippen molar-refractivity contribution in [3.05, 3.63) is 29.6 Å². The maximum atomic E-state index is 14.1. The number of carbonyl (C=O) groups excluding carboxylic acids is 1. The number of anilines is 1. The fourth-order valence-electron chi connectivity index (χ4n) is 2.67. The number of hydrogen-bond acceptors (Lipinski definition) is 4. The third-order valence-corrected chi connectivity index (χ3v) is 3.79. The van der Waals surface area contributed by atoms with Crippen molar-refractivity contribution < 1.29 is 18.7 Å². The van der Waals surface area contributed by atoms with Gasteiger partial charge in [-0.1, -0.05) is 0 Å². The molecule has 2 aliphatic heterocycles. The molecule has 1 atom stereocenters. The molecular formula is C15H18FNO3. The number of ether oxygens (including phenoxy) is 2. The van der Waals surface area contributed by atoms with Gasteiger partial charge in [-0.25, -0.2) is 9.18 Å². The lowest BCUT2D eigenvalue weighted by Crippen LogP contribution is -2.20. The quantitative estimate of drug-likeness (QED) is 0.796. The van der Waals surface area contributed by atoms with Crippen molar-refractivity contribution in [1.29, 1.82) is 0 Å². The van der Waals surface area contributed by atoms with Crippen molar-refractivity contribution >= 4 is 11.7 Å². The van der Waals surface area contributed by atoms with Crippen molar-refractivity contribution in [2.24, 2.45) is 0 Å². The molecule has 0 unspecified atom stereocenters. The van der Waals surface area contributed by atoms with Crippen LogP contribution < -0.4 is 4.90 Å². The fraction of sp³-hybridized carbons (Fsp3) is 0.533. The summed E-state index contributed by atoms with van der Waals surface area (Å²) in [7, 11) is 0. The highest BCUT2D eigenvalue weighted by Gasteiger charge is 2.22. The van der Waals surface area contributed by atoms with E-state index in [0.29, 0.717) is 25.3 Å². The Kier molecular flexibility index (Phi) is 3.87. The first-order valence-corrected chi connectivity index (χ1v) is 7.07. The lowest BCUT2D eigenvalue weighted by molar-refractivity contribution is 0.0270. The first-order valence-electron chi connectivity index (χ1n) is 7.07.